The van der Waals surface area contributed by atoms with Crippen LogP contribution >= 0.6 is 23.2 Å². The van der Waals surface area contributed by atoms with Gasteiger partial charge in [-0.3, -0.25) is 9.59 Å². The summed E-state index contributed by atoms with van der Waals surface area (Å²) < 4.78 is 8.16. The molecule has 1 unspecified atom stereocenters. The minimum Gasteiger partial charge on any atom is -0.450 e. The molecule has 1 aromatic carbocycles. The molecule has 0 bridgehead atoms. The summed E-state index contributed by atoms with van der Waals surface area (Å²) in [6.07, 6.45) is -1.34. The number of esters is 1. The number of ketones is 1. The molecular weight excluding hydrogens is 267 g/mol. The Morgan fingerprint density at radius 1 is 1.41 bits per heavy atom. The van der Waals surface area contributed by atoms with E-state index in [0.29, 0.717) is 5.75 Å². The molecule has 1 aromatic rings. The Morgan fingerprint density at radius 2 is 2.06 bits per heavy atom. The van der Waals surface area contributed by atoms with Crippen LogP contribution in [0.3, 0.4) is 0 Å². The highest BCUT2D eigenvalue weighted by Gasteiger charge is 2.51. The number of hydrogen-bond donors (Lipinski definition) is 0. The van der Waals surface area contributed by atoms with E-state index in [1.54, 1.807) is 24.3 Å². The van der Waals surface area contributed by atoms with Crippen LogP contribution in [0.1, 0.15) is 17.3 Å². The normalized spacial score (nSPS) is 21.4. The maximum absolute atomic E-state index is 12.0. The number of halogens is 2. The molecule has 0 aliphatic carbocycles. The summed E-state index contributed by atoms with van der Waals surface area (Å²) in [5.74, 6) is -0.887. The van der Waals surface area contributed by atoms with Crippen LogP contribution in [-0.2, 0) is 9.53 Å². The highest BCUT2D eigenvalue weighted by atomic mass is 35.5. The van der Waals surface area contributed by atoms with Gasteiger partial charge in [-0.25, -0.2) is 0 Å². The summed E-state index contributed by atoms with van der Waals surface area (Å²) in [4.78, 5) is 22.9. The van der Waals surface area contributed by atoms with Crippen LogP contribution in [0.15, 0.2) is 24.3 Å². The van der Waals surface area contributed by atoms with Crippen LogP contribution < -0.4 is 4.74 Å². The topological polar surface area (TPSA) is 52.6 Å². The zero-order valence-electron chi connectivity index (χ0n) is 8.78. The standard InChI is InChI=1S/C11H8Cl2O4/c1-6(14)16-10-11(12,13)9(15)7-4-2-3-5-8(7)17-10/h2-5,10H,1H3. The SMILES string of the molecule is CC(=O)OC1Oc2ccccc2C(=O)C1(Cl)Cl. The second kappa shape index (κ2) is 4.20. The summed E-state index contributed by atoms with van der Waals surface area (Å²) in [5, 5.41) is 0. The number of ether oxygens (including phenoxy) is 2. The number of fused-ring (bicyclic) bond motifs is 1. The van der Waals surface area contributed by atoms with E-state index in [9.17, 15) is 9.59 Å². The van der Waals surface area contributed by atoms with Gasteiger partial charge < -0.3 is 9.47 Å². The molecule has 1 aliphatic heterocycles. The summed E-state index contributed by atoms with van der Waals surface area (Å²) in [6, 6.07) is 6.47. The number of para-hydroxylation sites is 1. The Kier molecular flexibility index (Phi) is 3.02. The van der Waals surface area contributed by atoms with Gasteiger partial charge in [0.15, 0.2) is 0 Å². The maximum Gasteiger partial charge on any atom is 0.305 e. The van der Waals surface area contributed by atoms with Gasteiger partial charge in [0.25, 0.3) is 10.6 Å². The van der Waals surface area contributed by atoms with Gasteiger partial charge in [-0.05, 0) is 12.1 Å². The van der Waals surface area contributed by atoms with E-state index >= 15 is 0 Å². The van der Waals surface area contributed by atoms with Crippen LogP contribution in [0.4, 0.5) is 0 Å². The Balaban J connectivity index is 2.42. The number of hydrogen-bond acceptors (Lipinski definition) is 4. The number of Topliss-reactive ketones (excluding diaryl/α,β-unsaturated/α-hetero) is 1. The first-order chi connectivity index (χ1) is 7.93. The molecule has 1 aliphatic rings. The molecule has 1 atom stereocenters. The van der Waals surface area contributed by atoms with Crippen molar-refractivity contribution in [3.05, 3.63) is 29.8 Å². The molecule has 0 aromatic heterocycles. The van der Waals surface area contributed by atoms with Crippen molar-refractivity contribution in [1.82, 2.24) is 0 Å². The lowest BCUT2D eigenvalue weighted by Gasteiger charge is -2.33. The Morgan fingerprint density at radius 3 is 2.71 bits per heavy atom. The highest BCUT2D eigenvalue weighted by Crippen LogP contribution is 2.40. The molecule has 90 valence electrons. The molecule has 17 heavy (non-hydrogen) atoms. The van der Waals surface area contributed by atoms with Crippen molar-refractivity contribution in [2.45, 2.75) is 17.5 Å². The Labute approximate surface area is 107 Å². The van der Waals surface area contributed by atoms with E-state index < -0.39 is 22.4 Å². The zero-order chi connectivity index (χ0) is 12.6. The van der Waals surface area contributed by atoms with Crippen molar-refractivity contribution in [1.29, 1.82) is 0 Å². The smallest absolute Gasteiger partial charge is 0.305 e. The Bertz CT molecular complexity index is 484. The second-order valence-corrected chi connectivity index (χ2v) is 4.89. The first-order valence-corrected chi connectivity index (χ1v) is 5.54. The van der Waals surface area contributed by atoms with Gasteiger partial charge in [-0.15, -0.1) is 0 Å². The molecule has 0 amide bonds. The molecule has 0 radical (unpaired) electrons. The van der Waals surface area contributed by atoms with Crippen molar-refractivity contribution in [3.8, 4) is 5.75 Å². The zero-order valence-corrected chi connectivity index (χ0v) is 10.3. The van der Waals surface area contributed by atoms with E-state index in [1.165, 1.54) is 6.92 Å². The summed E-state index contributed by atoms with van der Waals surface area (Å²) in [7, 11) is 0. The van der Waals surface area contributed by atoms with Gasteiger partial charge in [-0.1, -0.05) is 35.3 Å². The molecule has 0 N–H and O–H groups in total. The third-order valence-corrected chi connectivity index (χ3v) is 2.94. The van der Waals surface area contributed by atoms with E-state index in [2.05, 4.69) is 0 Å². The van der Waals surface area contributed by atoms with Crippen molar-refractivity contribution >= 4 is 35.0 Å². The monoisotopic (exact) mass is 274 g/mol. The number of rotatable bonds is 1. The number of benzene rings is 1. The lowest BCUT2D eigenvalue weighted by molar-refractivity contribution is -0.161. The first kappa shape index (κ1) is 12.2. The van der Waals surface area contributed by atoms with Crippen molar-refractivity contribution in [2.24, 2.45) is 0 Å². The molecular formula is C11H8Cl2O4. The molecule has 0 saturated heterocycles. The van der Waals surface area contributed by atoms with E-state index in [-0.39, 0.29) is 5.56 Å². The minimum absolute atomic E-state index is 0.265. The van der Waals surface area contributed by atoms with Gasteiger partial charge in [0, 0.05) is 6.92 Å². The lowest BCUT2D eigenvalue weighted by atomic mass is 10.0. The fraction of sp³-hybridized carbons (Fsp3) is 0.273. The summed E-state index contributed by atoms with van der Waals surface area (Å²) in [5.41, 5.74) is 0.265. The third kappa shape index (κ3) is 2.10. The minimum atomic E-state index is -1.93. The molecule has 0 saturated carbocycles. The first-order valence-electron chi connectivity index (χ1n) is 4.78. The van der Waals surface area contributed by atoms with Gasteiger partial charge in [-0.2, -0.15) is 0 Å². The van der Waals surface area contributed by atoms with E-state index in [4.69, 9.17) is 32.7 Å². The average Bonchev–Trinajstić information content (AvgIpc) is 2.26. The second-order valence-electron chi connectivity index (χ2n) is 3.51. The molecule has 6 heteroatoms. The molecule has 0 spiro atoms. The maximum atomic E-state index is 12.0. The predicted molar refractivity (Wildman–Crippen MR) is 61.4 cm³/mol. The van der Waals surface area contributed by atoms with Crippen LogP contribution in [0, 0.1) is 0 Å². The molecule has 2 rings (SSSR count). The quantitative estimate of drug-likeness (QED) is 0.583. The highest BCUT2D eigenvalue weighted by molar-refractivity contribution is 6.60. The van der Waals surface area contributed by atoms with Gasteiger partial charge in [0.1, 0.15) is 5.75 Å². The fourth-order valence-corrected chi connectivity index (χ4v) is 1.86. The molecule has 1 heterocycles. The third-order valence-electron chi connectivity index (χ3n) is 2.24. The van der Waals surface area contributed by atoms with Crippen LogP contribution in [-0.4, -0.2) is 22.4 Å². The van der Waals surface area contributed by atoms with Gasteiger partial charge in [0.05, 0.1) is 5.56 Å². The van der Waals surface area contributed by atoms with Gasteiger partial charge in [0.2, 0.25) is 5.78 Å². The van der Waals surface area contributed by atoms with Crippen LogP contribution in [0.5, 0.6) is 5.75 Å². The fourth-order valence-electron chi connectivity index (χ4n) is 1.48. The number of alkyl halides is 2. The average molecular weight is 275 g/mol. The van der Waals surface area contributed by atoms with Crippen LogP contribution in [0.25, 0.3) is 0 Å². The number of carbonyl (C=O) groups is 2. The van der Waals surface area contributed by atoms with Gasteiger partial charge >= 0.3 is 5.97 Å². The lowest BCUT2D eigenvalue weighted by Crippen LogP contribution is -2.49. The predicted octanol–water partition coefficient (Wildman–Crippen LogP) is 2.32. The van der Waals surface area contributed by atoms with Crippen molar-refractivity contribution in [3.63, 3.8) is 0 Å². The van der Waals surface area contributed by atoms with Crippen molar-refractivity contribution < 1.29 is 19.1 Å². The van der Waals surface area contributed by atoms with Crippen molar-refractivity contribution in [2.75, 3.05) is 0 Å². The largest absolute Gasteiger partial charge is 0.450 e. The molecule has 0 fully saturated rings. The summed E-state index contributed by atoms with van der Waals surface area (Å²) in [6.45, 7) is 1.18. The van der Waals surface area contributed by atoms with E-state index in [0.717, 1.165) is 0 Å². The van der Waals surface area contributed by atoms with E-state index in [1.807, 2.05) is 0 Å². The van der Waals surface area contributed by atoms with Crippen LogP contribution in [0.2, 0.25) is 0 Å². The Hall–Kier alpha value is -1.26. The molecule has 4 nitrogen and oxygen atoms in total. The summed E-state index contributed by atoms with van der Waals surface area (Å²) >= 11 is 11.7. The number of carbonyl (C=O) groups excluding carboxylic acids is 2.